The fraction of sp³-hybridized carbons (Fsp3) is 0.862. The minimum absolute atomic E-state index is 0.0856. The minimum atomic E-state index is -0.137. The van der Waals surface area contributed by atoms with E-state index < -0.39 is 0 Å². The Hall–Kier alpha value is -1.12. The van der Waals surface area contributed by atoms with Crippen LogP contribution in [0.4, 0.5) is 0 Å². The van der Waals surface area contributed by atoms with Crippen LogP contribution in [0.15, 0.2) is 11.6 Å². The van der Waals surface area contributed by atoms with Crippen LogP contribution in [0.3, 0.4) is 0 Å². The van der Waals surface area contributed by atoms with E-state index in [4.69, 9.17) is 4.74 Å². The maximum absolute atomic E-state index is 12.2. The van der Waals surface area contributed by atoms with Gasteiger partial charge in [-0.2, -0.15) is 0 Å². The molecule has 32 heavy (non-hydrogen) atoms. The van der Waals surface area contributed by atoms with Gasteiger partial charge in [0.25, 0.3) is 0 Å². The number of Topliss-reactive ketones (excluding diaryl/α,β-unsaturated/α-hetero) is 1. The van der Waals surface area contributed by atoms with Crippen molar-refractivity contribution in [3.8, 4) is 0 Å². The average molecular weight is 443 g/mol. The van der Waals surface area contributed by atoms with Gasteiger partial charge in [0.15, 0.2) is 0 Å². The van der Waals surface area contributed by atoms with Crippen LogP contribution in [0, 0.1) is 46.3 Å². The number of hydrogen-bond acceptors (Lipinski definition) is 3. The van der Waals surface area contributed by atoms with E-state index in [1.165, 1.54) is 45.4 Å². The van der Waals surface area contributed by atoms with Crippen LogP contribution in [0.5, 0.6) is 0 Å². The van der Waals surface area contributed by atoms with Crippen molar-refractivity contribution in [3.05, 3.63) is 11.6 Å². The number of carbonyl (C=O) groups is 2. The molecule has 0 saturated heterocycles. The Balaban J connectivity index is 1.47. The standard InChI is InChI=1S/C29H46O3/c1-18(2)27(31)12-7-19(3)24-10-11-25-23-9-8-21-17-22(32-20(4)30)13-15-28(21,5)26(23)14-16-29(24,25)6/h8,18-19,22-26H,7,9-17H2,1-6H3/t19-,22+,23-,24-,25-,26-,28+,29-/m1/s1. The zero-order valence-corrected chi connectivity index (χ0v) is 21.4. The Morgan fingerprint density at radius 3 is 2.50 bits per heavy atom. The summed E-state index contributed by atoms with van der Waals surface area (Å²) in [4.78, 5) is 23.7. The Morgan fingerprint density at radius 2 is 1.81 bits per heavy atom. The lowest BCUT2D eigenvalue weighted by molar-refractivity contribution is -0.148. The van der Waals surface area contributed by atoms with Crippen molar-refractivity contribution in [2.45, 2.75) is 112 Å². The summed E-state index contributed by atoms with van der Waals surface area (Å²) < 4.78 is 5.60. The van der Waals surface area contributed by atoms with Gasteiger partial charge in [0.1, 0.15) is 11.9 Å². The predicted octanol–water partition coefficient (Wildman–Crippen LogP) is 7.14. The predicted molar refractivity (Wildman–Crippen MR) is 129 cm³/mol. The smallest absolute Gasteiger partial charge is 0.302 e. The molecule has 0 amide bonds. The molecular formula is C29H46O3. The van der Waals surface area contributed by atoms with Gasteiger partial charge in [0.05, 0.1) is 0 Å². The van der Waals surface area contributed by atoms with Crippen molar-refractivity contribution in [3.63, 3.8) is 0 Å². The van der Waals surface area contributed by atoms with Crippen LogP contribution in [-0.2, 0) is 14.3 Å². The van der Waals surface area contributed by atoms with Crippen LogP contribution in [0.25, 0.3) is 0 Å². The van der Waals surface area contributed by atoms with E-state index in [0.29, 0.717) is 22.5 Å². The van der Waals surface area contributed by atoms with E-state index in [0.717, 1.165) is 49.4 Å². The summed E-state index contributed by atoms with van der Waals surface area (Å²) in [6.45, 7) is 13.2. The molecule has 0 aromatic heterocycles. The molecule has 4 aliphatic rings. The first-order valence-electron chi connectivity index (χ1n) is 13.5. The van der Waals surface area contributed by atoms with Crippen molar-refractivity contribution < 1.29 is 14.3 Å². The fourth-order valence-electron chi connectivity index (χ4n) is 8.80. The Bertz CT molecular complexity index is 766. The molecule has 0 bridgehead atoms. The molecule has 0 radical (unpaired) electrons. The number of hydrogen-bond donors (Lipinski definition) is 0. The summed E-state index contributed by atoms with van der Waals surface area (Å²) in [6, 6.07) is 0. The van der Waals surface area contributed by atoms with Crippen molar-refractivity contribution in [1.82, 2.24) is 0 Å². The van der Waals surface area contributed by atoms with Gasteiger partial charge in [-0.05, 0) is 91.8 Å². The molecular weight excluding hydrogens is 396 g/mol. The molecule has 3 fully saturated rings. The molecule has 0 spiro atoms. The summed E-state index contributed by atoms with van der Waals surface area (Å²) in [5, 5.41) is 0. The number of esters is 1. The minimum Gasteiger partial charge on any atom is -0.462 e. The first-order valence-corrected chi connectivity index (χ1v) is 13.5. The second-order valence-electron chi connectivity index (χ2n) is 12.6. The van der Waals surface area contributed by atoms with Crippen LogP contribution in [-0.4, -0.2) is 17.9 Å². The van der Waals surface area contributed by atoms with E-state index >= 15 is 0 Å². The summed E-state index contributed by atoms with van der Waals surface area (Å²) in [5.74, 6) is 4.31. The summed E-state index contributed by atoms with van der Waals surface area (Å²) in [6.07, 6.45) is 14.2. The SMILES string of the molecule is CC(=O)O[C@H]1CC[C@@]2(C)C(=CC[C@@H]3[C@H]4CC[C@H]([C@H](C)CCC(=O)C(C)C)[C@@]4(C)CC[C@H]32)C1. The number of carbonyl (C=O) groups excluding carboxylic acids is 2. The van der Waals surface area contributed by atoms with Crippen LogP contribution >= 0.6 is 0 Å². The second-order valence-corrected chi connectivity index (χ2v) is 12.6. The van der Waals surface area contributed by atoms with Gasteiger partial charge in [0, 0.05) is 25.7 Å². The summed E-state index contributed by atoms with van der Waals surface area (Å²) in [5.41, 5.74) is 2.32. The zero-order valence-electron chi connectivity index (χ0n) is 21.4. The molecule has 8 atom stereocenters. The van der Waals surface area contributed by atoms with Crippen LogP contribution < -0.4 is 0 Å². The lowest BCUT2D eigenvalue weighted by atomic mass is 9.47. The number of fused-ring (bicyclic) bond motifs is 5. The average Bonchev–Trinajstić information content (AvgIpc) is 3.08. The highest BCUT2D eigenvalue weighted by Gasteiger charge is 2.59. The monoisotopic (exact) mass is 442 g/mol. The van der Waals surface area contributed by atoms with E-state index in [9.17, 15) is 9.59 Å². The third-order valence-electron chi connectivity index (χ3n) is 10.6. The largest absolute Gasteiger partial charge is 0.462 e. The lowest BCUT2D eigenvalue weighted by Gasteiger charge is -2.58. The van der Waals surface area contributed by atoms with Gasteiger partial charge in [-0.15, -0.1) is 0 Å². The number of rotatable bonds is 6. The molecule has 180 valence electrons. The van der Waals surface area contributed by atoms with Crippen molar-refractivity contribution in [2.75, 3.05) is 0 Å². The van der Waals surface area contributed by atoms with E-state index in [1.54, 1.807) is 5.57 Å². The Morgan fingerprint density at radius 1 is 1.06 bits per heavy atom. The molecule has 0 heterocycles. The van der Waals surface area contributed by atoms with E-state index in [1.807, 2.05) is 13.8 Å². The van der Waals surface area contributed by atoms with Crippen molar-refractivity contribution >= 4 is 11.8 Å². The highest BCUT2D eigenvalue weighted by atomic mass is 16.5. The Kier molecular flexibility index (Phi) is 6.69. The normalized spacial score (nSPS) is 41.8. The summed E-state index contributed by atoms with van der Waals surface area (Å²) in [7, 11) is 0. The van der Waals surface area contributed by atoms with Gasteiger partial charge in [-0.1, -0.05) is 46.3 Å². The number of ketones is 1. The molecule has 0 aromatic carbocycles. The molecule has 0 aliphatic heterocycles. The van der Waals surface area contributed by atoms with Crippen LogP contribution in [0.2, 0.25) is 0 Å². The molecule has 3 saturated carbocycles. The first-order chi connectivity index (χ1) is 15.1. The number of ether oxygens (including phenoxy) is 1. The maximum Gasteiger partial charge on any atom is 0.302 e. The maximum atomic E-state index is 12.2. The van der Waals surface area contributed by atoms with E-state index in [-0.39, 0.29) is 18.0 Å². The molecule has 0 unspecified atom stereocenters. The molecule has 3 heteroatoms. The van der Waals surface area contributed by atoms with Crippen molar-refractivity contribution in [2.24, 2.45) is 46.3 Å². The fourth-order valence-corrected chi connectivity index (χ4v) is 8.80. The first kappa shape index (κ1) is 24.0. The van der Waals surface area contributed by atoms with Gasteiger partial charge in [-0.25, -0.2) is 0 Å². The molecule has 0 aromatic rings. The van der Waals surface area contributed by atoms with E-state index in [2.05, 4.69) is 26.8 Å². The molecule has 3 nitrogen and oxygen atoms in total. The van der Waals surface area contributed by atoms with Gasteiger partial charge >= 0.3 is 5.97 Å². The highest BCUT2D eigenvalue weighted by Crippen LogP contribution is 2.67. The molecule has 4 rings (SSSR count). The number of allylic oxidation sites excluding steroid dienone is 1. The van der Waals surface area contributed by atoms with Crippen molar-refractivity contribution in [1.29, 1.82) is 0 Å². The second kappa shape index (κ2) is 8.91. The third kappa shape index (κ3) is 4.11. The highest BCUT2D eigenvalue weighted by molar-refractivity contribution is 5.80. The topological polar surface area (TPSA) is 43.4 Å². The summed E-state index contributed by atoms with van der Waals surface area (Å²) >= 11 is 0. The van der Waals surface area contributed by atoms with Gasteiger partial charge in [0.2, 0.25) is 0 Å². The van der Waals surface area contributed by atoms with Gasteiger partial charge in [-0.3, -0.25) is 9.59 Å². The lowest BCUT2D eigenvalue weighted by Crippen LogP contribution is -2.51. The molecule has 4 aliphatic carbocycles. The zero-order chi connectivity index (χ0) is 23.3. The molecule has 0 N–H and O–H groups in total. The Labute approximate surface area is 196 Å². The van der Waals surface area contributed by atoms with Gasteiger partial charge < -0.3 is 4.74 Å². The quantitative estimate of drug-likeness (QED) is 0.324. The van der Waals surface area contributed by atoms with Crippen LogP contribution in [0.1, 0.15) is 106 Å². The third-order valence-corrected chi connectivity index (χ3v) is 10.6.